The number of pyridine rings is 2. The lowest BCUT2D eigenvalue weighted by Crippen LogP contribution is -2.45. The van der Waals surface area contributed by atoms with Crippen LogP contribution in [0.1, 0.15) is 36.2 Å². The summed E-state index contributed by atoms with van der Waals surface area (Å²) in [5.74, 6) is 0.474. The van der Waals surface area contributed by atoms with Gasteiger partial charge in [0.05, 0.1) is 22.9 Å². The van der Waals surface area contributed by atoms with Crippen LogP contribution in [-0.2, 0) is 16.4 Å². The number of hydrogen-bond acceptors (Lipinski definition) is 5. The van der Waals surface area contributed by atoms with E-state index in [-0.39, 0.29) is 5.91 Å². The number of carbonyl (C=O) groups excluding carboxylic acids is 1. The fraction of sp³-hybridized carbons (Fsp3) is 0.414. The number of rotatable bonds is 5. The first-order chi connectivity index (χ1) is 17.8. The van der Waals surface area contributed by atoms with Crippen LogP contribution in [0.2, 0.25) is 0 Å². The molecule has 1 saturated heterocycles. The van der Waals surface area contributed by atoms with Crippen molar-refractivity contribution >= 4 is 17.4 Å². The van der Waals surface area contributed by atoms with Gasteiger partial charge < -0.3 is 14.7 Å². The van der Waals surface area contributed by atoms with Gasteiger partial charge in [-0.25, -0.2) is 4.98 Å². The van der Waals surface area contributed by atoms with Gasteiger partial charge in [-0.3, -0.25) is 9.78 Å². The fourth-order valence-corrected chi connectivity index (χ4v) is 4.86. The molecular weight excluding hydrogens is 491 g/mol. The molecule has 202 valence electrons. The Morgan fingerprint density at radius 2 is 1.61 bits per heavy atom. The third kappa shape index (κ3) is 5.53. The highest BCUT2D eigenvalue weighted by Gasteiger charge is 2.37. The second-order valence-corrected chi connectivity index (χ2v) is 10.6. The van der Waals surface area contributed by atoms with E-state index in [1.165, 1.54) is 4.90 Å². The number of benzene rings is 1. The number of anilines is 2. The summed E-state index contributed by atoms with van der Waals surface area (Å²) in [5.41, 5.74) is 1.81. The van der Waals surface area contributed by atoms with E-state index in [1.807, 2.05) is 25.1 Å². The first kappa shape index (κ1) is 27.6. The summed E-state index contributed by atoms with van der Waals surface area (Å²) in [5, 5.41) is 0. The molecule has 0 unspecified atom stereocenters. The fourth-order valence-electron chi connectivity index (χ4n) is 4.86. The minimum atomic E-state index is -4.50. The van der Waals surface area contributed by atoms with Crippen LogP contribution in [0.3, 0.4) is 0 Å². The molecule has 38 heavy (non-hydrogen) atoms. The Morgan fingerprint density at radius 1 is 0.947 bits per heavy atom. The highest BCUT2D eigenvalue weighted by molar-refractivity contribution is 6.03. The molecule has 1 amide bonds. The van der Waals surface area contributed by atoms with Gasteiger partial charge >= 0.3 is 6.18 Å². The van der Waals surface area contributed by atoms with Gasteiger partial charge in [0.15, 0.2) is 0 Å². The monoisotopic (exact) mass is 525 g/mol. The molecule has 1 fully saturated rings. The molecule has 0 bridgehead atoms. The topological polar surface area (TPSA) is 52.6 Å². The average molecular weight is 526 g/mol. The minimum absolute atomic E-state index is 0.308. The molecule has 4 rings (SSSR count). The van der Waals surface area contributed by atoms with Crippen molar-refractivity contribution in [1.29, 1.82) is 0 Å². The van der Waals surface area contributed by atoms with Crippen molar-refractivity contribution in [2.45, 2.75) is 39.3 Å². The molecule has 3 heterocycles. The zero-order valence-electron chi connectivity index (χ0n) is 22.7. The second kappa shape index (κ2) is 10.4. The quantitative estimate of drug-likeness (QED) is 0.442. The number of likely N-dealkylation sites (N-methyl/N-ethyl adjacent to an activating group) is 2. The smallest absolute Gasteiger partial charge is 0.354 e. The van der Waals surface area contributed by atoms with Crippen LogP contribution in [0.15, 0.2) is 48.8 Å². The molecule has 0 atom stereocenters. The Bertz CT molecular complexity index is 1330. The Balaban J connectivity index is 1.76. The van der Waals surface area contributed by atoms with Gasteiger partial charge in [0.1, 0.15) is 5.82 Å². The summed E-state index contributed by atoms with van der Waals surface area (Å²) in [7, 11) is 3.73. The number of halogens is 3. The van der Waals surface area contributed by atoms with E-state index in [1.54, 1.807) is 46.3 Å². The number of aromatic nitrogens is 2. The SMILES string of the molecule is Cc1cc(C(F)(F)F)cc(C(C)(C)C(=O)N(C)c2cnc(N3CCN(C)CC3)cc2-c2cccnc2C)c1. The van der Waals surface area contributed by atoms with Crippen LogP contribution < -0.4 is 9.80 Å². The maximum Gasteiger partial charge on any atom is 0.416 e. The van der Waals surface area contributed by atoms with Crippen LogP contribution in [-0.4, -0.2) is 61.0 Å². The van der Waals surface area contributed by atoms with Gasteiger partial charge in [-0.2, -0.15) is 13.2 Å². The molecule has 1 aromatic carbocycles. The van der Waals surface area contributed by atoms with E-state index in [4.69, 9.17) is 4.98 Å². The number of piperazine rings is 1. The predicted molar refractivity (Wildman–Crippen MR) is 145 cm³/mol. The summed E-state index contributed by atoms with van der Waals surface area (Å²) in [6.07, 6.45) is -1.10. The minimum Gasteiger partial charge on any atom is -0.354 e. The molecule has 0 saturated carbocycles. The molecule has 1 aliphatic rings. The number of carbonyl (C=O) groups is 1. The first-order valence-electron chi connectivity index (χ1n) is 12.6. The maximum absolute atomic E-state index is 13.9. The van der Waals surface area contributed by atoms with Crippen molar-refractivity contribution < 1.29 is 18.0 Å². The number of nitrogens with zero attached hydrogens (tertiary/aromatic N) is 5. The zero-order valence-corrected chi connectivity index (χ0v) is 22.7. The standard InChI is InChI=1S/C29H34F3N5O/c1-19-14-21(16-22(15-19)29(30,31)32)28(3,4)27(38)36(6)25-18-34-26(37-12-10-35(5)11-13-37)17-24(25)23-8-7-9-33-20(23)2/h7-9,14-18H,10-13H2,1-6H3. The number of hydrogen-bond donors (Lipinski definition) is 0. The predicted octanol–water partition coefficient (Wildman–Crippen LogP) is 5.47. The first-order valence-corrected chi connectivity index (χ1v) is 12.6. The highest BCUT2D eigenvalue weighted by Crippen LogP contribution is 2.38. The summed E-state index contributed by atoms with van der Waals surface area (Å²) in [6, 6.07) is 9.59. The lowest BCUT2D eigenvalue weighted by atomic mass is 9.81. The van der Waals surface area contributed by atoms with Crippen LogP contribution in [0.4, 0.5) is 24.7 Å². The van der Waals surface area contributed by atoms with Gasteiger partial charge in [-0.05, 0) is 64.6 Å². The Kier molecular flexibility index (Phi) is 7.52. The van der Waals surface area contributed by atoms with E-state index < -0.39 is 17.2 Å². The second-order valence-electron chi connectivity index (χ2n) is 10.6. The molecule has 0 aliphatic carbocycles. The summed E-state index contributed by atoms with van der Waals surface area (Å²) in [6.45, 7) is 10.3. The van der Waals surface area contributed by atoms with Crippen LogP contribution in [0, 0.1) is 13.8 Å². The molecule has 1 aliphatic heterocycles. The normalized spacial score (nSPS) is 15.0. The lowest BCUT2D eigenvalue weighted by Gasteiger charge is -2.34. The molecule has 0 radical (unpaired) electrons. The average Bonchev–Trinajstić information content (AvgIpc) is 2.87. The summed E-state index contributed by atoms with van der Waals surface area (Å²) in [4.78, 5) is 29.0. The summed E-state index contributed by atoms with van der Waals surface area (Å²) < 4.78 is 40.6. The number of aryl methyl sites for hydroxylation is 2. The molecule has 2 aromatic heterocycles. The Hall–Kier alpha value is -3.46. The van der Waals surface area contributed by atoms with Crippen molar-refractivity contribution in [3.63, 3.8) is 0 Å². The van der Waals surface area contributed by atoms with E-state index >= 15 is 0 Å². The maximum atomic E-state index is 13.9. The molecule has 6 nitrogen and oxygen atoms in total. The lowest BCUT2D eigenvalue weighted by molar-refractivity contribution is -0.137. The van der Waals surface area contributed by atoms with Crippen LogP contribution >= 0.6 is 0 Å². The van der Waals surface area contributed by atoms with Crippen molar-refractivity contribution in [2.24, 2.45) is 0 Å². The Morgan fingerprint density at radius 3 is 2.24 bits per heavy atom. The van der Waals surface area contributed by atoms with Crippen LogP contribution in [0.5, 0.6) is 0 Å². The summed E-state index contributed by atoms with van der Waals surface area (Å²) >= 11 is 0. The highest BCUT2D eigenvalue weighted by atomic mass is 19.4. The van der Waals surface area contributed by atoms with Crippen molar-refractivity contribution in [2.75, 3.05) is 50.1 Å². The van der Waals surface area contributed by atoms with E-state index in [9.17, 15) is 18.0 Å². The van der Waals surface area contributed by atoms with Gasteiger partial charge in [-0.1, -0.05) is 17.7 Å². The zero-order chi connectivity index (χ0) is 27.8. The number of alkyl halides is 3. The van der Waals surface area contributed by atoms with E-state index in [2.05, 4.69) is 21.8 Å². The van der Waals surface area contributed by atoms with Gasteiger partial charge in [-0.15, -0.1) is 0 Å². The molecule has 3 aromatic rings. The van der Waals surface area contributed by atoms with E-state index in [0.717, 1.165) is 61.0 Å². The van der Waals surface area contributed by atoms with Crippen molar-refractivity contribution in [3.05, 3.63) is 71.2 Å². The van der Waals surface area contributed by atoms with Gasteiger partial charge in [0.2, 0.25) is 5.91 Å². The molecular formula is C29H34F3N5O. The molecule has 0 spiro atoms. The third-order valence-electron chi connectivity index (χ3n) is 7.32. The number of amides is 1. The molecule has 9 heteroatoms. The molecule has 0 N–H and O–H groups in total. The van der Waals surface area contributed by atoms with Crippen LogP contribution in [0.25, 0.3) is 11.1 Å². The largest absolute Gasteiger partial charge is 0.416 e. The van der Waals surface area contributed by atoms with Crippen molar-refractivity contribution in [3.8, 4) is 11.1 Å². The van der Waals surface area contributed by atoms with E-state index in [0.29, 0.717) is 16.8 Å². The van der Waals surface area contributed by atoms with Crippen molar-refractivity contribution in [1.82, 2.24) is 14.9 Å². The third-order valence-corrected chi connectivity index (χ3v) is 7.32. The Labute approximate surface area is 222 Å². The van der Waals surface area contributed by atoms with Gasteiger partial charge in [0.25, 0.3) is 0 Å². The van der Waals surface area contributed by atoms with Gasteiger partial charge in [0, 0.05) is 56.2 Å².